The molecule has 2 aromatic heterocycles. The minimum atomic E-state index is -0.0402. The fraction of sp³-hybridized carbons (Fsp3) is 0.385. The number of amides is 1. The van der Waals surface area contributed by atoms with E-state index in [0.717, 1.165) is 46.9 Å². The number of aromatic nitrogens is 1. The molecule has 7 nitrogen and oxygen atoms in total. The van der Waals surface area contributed by atoms with Gasteiger partial charge in [0, 0.05) is 24.1 Å². The lowest BCUT2D eigenvalue weighted by atomic mass is 10.1. The molecule has 1 aliphatic heterocycles. The Hall–Kier alpha value is -3.10. The minimum absolute atomic E-state index is 0.0402. The second kappa shape index (κ2) is 11.4. The first-order valence-corrected chi connectivity index (χ1v) is 12.2. The zero-order valence-electron chi connectivity index (χ0n) is 19.8. The van der Waals surface area contributed by atoms with Crippen LogP contribution in [0.5, 0.6) is 11.5 Å². The number of rotatable bonds is 10. The summed E-state index contributed by atoms with van der Waals surface area (Å²) < 4.78 is 22.4. The molecule has 0 radical (unpaired) electrons. The van der Waals surface area contributed by atoms with E-state index in [9.17, 15) is 4.79 Å². The summed E-state index contributed by atoms with van der Waals surface area (Å²) in [6.07, 6.45) is 5.56. The van der Waals surface area contributed by atoms with Crippen LogP contribution < -0.4 is 9.47 Å². The molecule has 1 aliphatic rings. The van der Waals surface area contributed by atoms with E-state index in [-0.39, 0.29) is 12.0 Å². The first-order valence-electron chi connectivity index (χ1n) is 11.4. The van der Waals surface area contributed by atoms with Crippen molar-refractivity contribution < 1.29 is 23.5 Å². The molecule has 0 bridgehead atoms. The van der Waals surface area contributed by atoms with Gasteiger partial charge in [-0.1, -0.05) is 17.3 Å². The summed E-state index contributed by atoms with van der Waals surface area (Å²) >= 11 is 1.65. The zero-order chi connectivity index (χ0) is 23.9. The number of hydrogen-bond acceptors (Lipinski definition) is 7. The van der Waals surface area contributed by atoms with Crippen LogP contribution in [0.2, 0.25) is 0 Å². The standard InChI is InChI=1S/C26H30N2O5S/c1-18-23(19(2)33-27-18)17-32-24-10-8-20(14-25(24)30-3)9-11-26(29)28(15-21-6-4-12-31-21)16-22-7-5-13-34-22/h5,7-11,13-14,21H,4,6,12,15-17H2,1-3H3/b11-9+. The van der Waals surface area contributed by atoms with E-state index in [4.69, 9.17) is 18.7 Å². The van der Waals surface area contributed by atoms with E-state index in [2.05, 4.69) is 11.2 Å². The normalized spacial score (nSPS) is 15.7. The van der Waals surface area contributed by atoms with Crippen LogP contribution in [0.15, 0.2) is 46.3 Å². The predicted molar refractivity (Wildman–Crippen MR) is 131 cm³/mol. The summed E-state index contributed by atoms with van der Waals surface area (Å²) in [4.78, 5) is 16.1. The Morgan fingerprint density at radius 3 is 2.85 bits per heavy atom. The molecule has 8 heteroatoms. The van der Waals surface area contributed by atoms with Gasteiger partial charge in [-0.05, 0) is 61.9 Å². The Bertz CT molecular complexity index is 1100. The van der Waals surface area contributed by atoms with Crippen LogP contribution >= 0.6 is 11.3 Å². The molecular formula is C26H30N2O5S. The van der Waals surface area contributed by atoms with Crippen molar-refractivity contribution in [2.75, 3.05) is 20.3 Å². The monoisotopic (exact) mass is 482 g/mol. The van der Waals surface area contributed by atoms with Gasteiger partial charge in [0.25, 0.3) is 0 Å². The fourth-order valence-electron chi connectivity index (χ4n) is 3.90. The van der Waals surface area contributed by atoms with Gasteiger partial charge in [-0.2, -0.15) is 0 Å². The molecule has 1 atom stereocenters. The molecule has 1 aromatic carbocycles. The number of carbonyl (C=O) groups excluding carboxylic acids is 1. The largest absolute Gasteiger partial charge is 0.493 e. The molecule has 4 rings (SSSR count). The molecular weight excluding hydrogens is 452 g/mol. The topological polar surface area (TPSA) is 74.0 Å². The SMILES string of the molecule is COc1cc(/C=C/C(=O)N(Cc2cccs2)CC2CCCO2)ccc1OCc1c(C)noc1C. The number of hydrogen-bond donors (Lipinski definition) is 0. The zero-order valence-corrected chi connectivity index (χ0v) is 20.6. The number of methoxy groups -OCH3 is 1. The van der Waals surface area contributed by atoms with Crippen molar-refractivity contribution >= 4 is 23.3 Å². The maximum atomic E-state index is 13.1. The van der Waals surface area contributed by atoms with Gasteiger partial charge in [-0.3, -0.25) is 4.79 Å². The van der Waals surface area contributed by atoms with Crippen LogP contribution in [-0.2, 0) is 22.7 Å². The molecule has 1 saturated heterocycles. The van der Waals surface area contributed by atoms with Crippen molar-refractivity contribution in [2.45, 2.75) is 45.9 Å². The third-order valence-electron chi connectivity index (χ3n) is 5.85. The predicted octanol–water partition coefficient (Wildman–Crippen LogP) is 5.16. The van der Waals surface area contributed by atoms with Crippen molar-refractivity contribution in [3.05, 3.63) is 69.2 Å². The minimum Gasteiger partial charge on any atom is -0.493 e. The number of aryl methyl sites for hydroxylation is 2. The smallest absolute Gasteiger partial charge is 0.246 e. The number of carbonyl (C=O) groups is 1. The average molecular weight is 483 g/mol. The Kier molecular flexibility index (Phi) is 8.03. The van der Waals surface area contributed by atoms with Crippen molar-refractivity contribution in [3.8, 4) is 11.5 Å². The lowest BCUT2D eigenvalue weighted by Crippen LogP contribution is -2.35. The number of nitrogens with zero attached hydrogens (tertiary/aromatic N) is 2. The van der Waals surface area contributed by atoms with Gasteiger partial charge in [0.15, 0.2) is 11.5 Å². The van der Waals surface area contributed by atoms with Gasteiger partial charge in [0.05, 0.1) is 31.0 Å². The van der Waals surface area contributed by atoms with Gasteiger partial charge in [0.1, 0.15) is 12.4 Å². The Morgan fingerprint density at radius 1 is 1.29 bits per heavy atom. The number of thiophene rings is 1. The van der Waals surface area contributed by atoms with E-state index >= 15 is 0 Å². The number of benzene rings is 1. The Morgan fingerprint density at radius 2 is 2.18 bits per heavy atom. The summed E-state index contributed by atoms with van der Waals surface area (Å²) in [6, 6.07) is 9.66. The van der Waals surface area contributed by atoms with Crippen LogP contribution in [0.4, 0.5) is 0 Å². The lowest BCUT2D eigenvalue weighted by Gasteiger charge is -2.23. The quantitative estimate of drug-likeness (QED) is 0.372. The molecule has 1 amide bonds. The van der Waals surface area contributed by atoms with Gasteiger partial charge in [-0.25, -0.2) is 0 Å². The first-order chi connectivity index (χ1) is 16.5. The third kappa shape index (κ3) is 6.07. The highest BCUT2D eigenvalue weighted by molar-refractivity contribution is 7.09. The summed E-state index contributed by atoms with van der Waals surface area (Å²) in [5, 5.41) is 5.99. The molecule has 34 heavy (non-hydrogen) atoms. The molecule has 3 heterocycles. The first kappa shape index (κ1) is 24.0. The second-order valence-electron chi connectivity index (χ2n) is 8.27. The molecule has 180 valence electrons. The molecule has 1 fully saturated rings. The molecule has 0 spiro atoms. The summed E-state index contributed by atoms with van der Waals surface area (Å²) in [6.45, 7) is 6.04. The highest BCUT2D eigenvalue weighted by Crippen LogP contribution is 2.30. The highest BCUT2D eigenvalue weighted by atomic mass is 32.1. The van der Waals surface area contributed by atoms with Gasteiger partial charge >= 0.3 is 0 Å². The van der Waals surface area contributed by atoms with Crippen molar-refractivity contribution in [1.29, 1.82) is 0 Å². The van der Waals surface area contributed by atoms with Crippen LogP contribution in [0.25, 0.3) is 6.08 Å². The van der Waals surface area contributed by atoms with Crippen LogP contribution in [0.3, 0.4) is 0 Å². The summed E-state index contributed by atoms with van der Waals surface area (Å²) in [5.41, 5.74) is 2.58. The third-order valence-corrected chi connectivity index (χ3v) is 6.71. The van der Waals surface area contributed by atoms with E-state index < -0.39 is 0 Å². The van der Waals surface area contributed by atoms with E-state index in [1.807, 2.05) is 48.4 Å². The van der Waals surface area contributed by atoms with Gasteiger partial charge in [-0.15, -0.1) is 11.3 Å². The summed E-state index contributed by atoms with van der Waals surface area (Å²) in [7, 11) is 1.60. The maximum Gasteiger partial charge on any atom is 0.246 e. The van der Waals surface area contributed by atoms with E-state index in [1.54, 1.807) is 30.6 Å². The Balaban J connectivity index is 1.43. The van der Waals surface area contributed by atoms with Crippen molar-refractivity contribution in [1.82, 2.24) is 10.1 Å². The summed E-state index contributed by atoms with van der Waals surface area (Å²) in [5.74, 6) is 1.91. The van der Waals surface area contributed by atoms with Gasteiger partial charge in [0.2, 0.25) is 5.91 Å². The van der Waals surface area contributed by atoms with Crippen LogP contribution in [-0.4, -0.2) is 42.3 Å². The van der Waals surface area contributed by atoms with Crippen molar-refractivity contribution in [2.24, 2.45) is 0 Å². The van der Waals surface area contributed by atoms with Crippen molar-refractivity contribution in [3.63, 3.8) is 0 Å². The van der Waals surface area contributed by atoms with Crippen LogP contribution in [0, 0.1) is 13.8 Å². The van der Waals surface area contributed by atoms with E-state index in [1.165, 1.54) is 0 Å². The number of ether oxygens (including phenoxy) is 3. The second-order valence-corrected chi connectivity index (χ2v) is 9.30. The molecule has 3 aromatic rings. The molecule has 0 saturated carbocycles. The average Bonchev–Trinajstić information content (AvgIpc) is 3.61. The highest BCUT2D eigenvalue weighted by Gasteiger charge is 2.22. The lowest BCUT2D eigenvalue weighted by molar-refractivity contribution is -0.128. The Labute approximate surface area is 203 Å². The van der Waals surface area contributed by atoms with E-state index in [0.29, 0.717) is 31.2 Å². The molecule has 1 unspecified atom stereocenters. The maximum absolute atomic E-state index is 13.1. The fourth-order valence-corrected chi connectivity index (χ4v) is 4.61. The van der Waals surface area contributed by atoms with Gasteiger partial charge < -0.3 is 23.6 Å². The van der Waals surface area contributed by atoms with Crippen LogP contribution in [0.1, 0.15) is 40.3 Å². The molecule has 0 aliphatic carbocycles. The molecule has 0 N–H and O–H groups in total.